The second-order valence-corrected chi connectivity index (χ2v) is 7.57. The first-order valence-electron chi connectivity index (χ1n) is 9.08. The van der Waals surface area contributed by atoms with Crippen molar-refractivity contribution in [3.05, 3.63) is 0 Å². The molecule has 0 N–H and O–H groups in total. The van der Waals surface area contributed by atoms with Crippen LogP contribution in [0.3, 0.4) is 0 Å². The average Bonchev–Trinajstić information content (AvgIpc) is 2.45. The summed E-state index contributed by atoms with van der Waals surface area (Å²) in [7, 11) is 0. The van der Waals surface area contributed by atoms with Crippen molar-refractivity contribution in [1.82, 2.24) is 0 Å². The van der Waals surface area contributed by atoms with Gasteiger partial charge in [-0.3, -0.25) is 0 Å². The molecule has 0 nitrogen and oxygen atoms in total. The van der Waals surface area contributed by atoms with Crippen LogP contribution in [0, 0.1) is 0 Å². The molecular weight excluding hydrogens is 280 g/mol. The summed E-state index contributed by atoms with van der Waals surface area (Å²) in [5, 5.41) is 1.00. The van der Waals surface area contributed by atoms with Crippen molar-refractivity contribution in [3.63, 3.8) is 0 Å². The van der Waals surface area contributed by atoms with Gasteiger partial charge in [0.15, 0.2) is 0 Å². The molecule has 0 fully saturated rings. The van der Waals surface area contributed by atoms with Crippen LogP contribution in [0.4, 0.5) is 0 Å². The molecule has 0 unspecified atom stereocenters. The predicted molar refractivity (Wildman–Crippen MR) is 102 cm³/mol. The smallest absolute Gasteiger partial charge is 0.0133 e. The molecule has 20 heavy (non-hydrogen) atoms. The molecule has 0 rings (SSSR count). The van der Waals surface area contributed by atoms with Crippen LogP contribution < -0.4 is 0 Å². The van der Waals surface area contributed by atoms with Crippen molar-refractivity contribution in [2.75, 3.05) is 0 Å². The van der Waals surface area contributed by atoms with E-state index in [2.05, 4.69) is 13.8 Å². The van der Waals surface area contributed by atoms with Crippen LogP contribution in [-0.2, 0) is 0 Å². The van der Waals surface area contributed by atoms with Crippen molar-refractivity contribution < 1.29 is 0 Å². The minimum absolute atomic E-state index is 0.500. The topological polar surface area (TPSA) is 0 Å². The Morgan fingerprint density at radius 3 is 1.15 bits per heavy atom. The minimum atomic E-state index is 0.500. The molecule has 0 amide bonds. The Hall–Kier alpha value is 0.700. The molecule has 0 aliphatic carbocycles. The molecule has 0 aliphatic heterocycles. The van der Waals surface area contributed by atoms with E-state index in [4.69, 9.17) is 25.3 Å². The Morgan fingerprint density at radius 2 is 0.800 bits per heavy atom. The molecule has 2 heteroatoms. The first-order valence-corrected chi connectivity index (χ1v) is 10.1. The van der Waals surface area contributed by atoms with E-state index in [0.717, 1.165) is 0 Å². The van der Waals surface area contributed by atoms with E-state index in [1.807, 2.05) is 0 Å². The standard InChI is InChI=1S/C18H38S2/c1-3-5-7-9-11-13-15-17(19)18(20)16-14-12-10-8-6-4-2/h17-20H,3-16H2,1-2H3/t17-,18-/m0/s1. The first kappa shape index (κ1) is 20.7. The maximum absolute atomic E-state index is 4.75. The van der Waals surface area contributed by atoms with E-state index < -0.39 is 0 Å². The highest BCUT2D eigenvalue weighted by atomic mass is 32.1. The minimum Gasteiger partial charge on any atom is -0.175 e. The van der Waals surface area contributed by atoms with Crippen LogP contribution in [0.25, 0.3) is 0 Å². The molecule has 0 heterocycles. The molecule has 0 aliphatic rings. The fourth-order valence-corrected chi connectivity index (χ4v) is 3.32. The third-order valence-corrected chi connectivity index (χ3v) is 5.62. The van der Waals surface area contributed by atoms with Gasteiger partial charge < -0.3 is 0 Å². The zero-order valence-electron chi connectivity index (χ0n) is 13.9. The number of hydrogen-bond donors (Lipinski definition) is 2. The Labute approximate surface area is 139 Å². The highest BCUT2D eigenvalue weighted by Crippen LogP contribution is 2.22. The fraction of sp³-hybridized carbons (Fsp3) is 1.00. The second kappa shape index (κ2) is 16.1. The lowest BCUT2D eigenvalue weighted by Gasteiger charge is -2.18. The lowest BCUT2D eigenvalue weighted by Crippen LogP contribution is -2.15. The Balaban J connectivity index is 3.35. The quantitative estimate of drug-likeness (QED) is 0.234. The molecule has 0 aromatic rings. The van der Waals surface area contributed by atoms with Gasteiger partial charge in [-0.2, -0.15) is 25.3 Å². The molecule has 0 aromatic carbocycles. The van der Waals surface area contributed by atoms with Crippen LogP contribution >= 0.6 is 25.3 Å². The van der Waals surface area contributed by atoms with E-state index in [-0.39, 0.29) is 0 Å². The Bertz CT molecular complexity index is 162. The van der Waals surface area contributed by atoms with Gasteiger partial charge in [0.1, 0.15) is 0 Å². The second-order valence-electron chi connectivity index (χ2n) is 6.25. The van der Waals surface area contributed by atoms with Crippen LogP contribution in [0.2, 0.25) is 0 Å². The van der Waals surface area contributed by atoms with Crippen LogP contribution in [-0.4, -0.2) is 10.5 Å². The molecule has 0 aromatic heterocycles. The maximum atomic E-state index is 4.75. The first-order chi connectivity index (χ1) is 9.72. The van der Waals surface area contributed by atoms with Gasteiger partial charge in [0.05, 0.1) is 0 Å². The normalized spacial score (nSPS) is 14.4. The third kappa shape index (κ3) is 13.7. The van der Waals surface area contributed by atoms with E-state index in [9.17, 15) is 0 Å². The van der Waals surface area contributed by atoms with Crippen molar-refractivity contribution in [2.45, 2.75) is 114 Å². The molecule has 0 bridgehead atoms. The summed E-state index contributed by atoms with van der Waals surface area (Å²) in [6.07, 6.45) is 19.1. The highest BCUT2D eigenvalue weighted by Gasteiger charge is 2.13. The van der Waals surface area contributed by atoms with Gasteiger partial charge in [-0.25, -0.2) is 0 Å². The predicted octanol–water partition coefficient (Wildman–Crippen LogP) is 7.08. The van der Waals surface area contributed by atoms with E-state index in [0.29, 0.717) is 10.5 Å². The van der Waals surface area contributed by atoms with Crippen LogP contribution in [0.1, 0.15) is 104 Å². The average molecular weight is 319 g/mol. The van der Waals surface area contributed by atoms with Crippen molar-refractivity contribution >= 4 is 25.3 Å². The fourth-order valence-electron chi connectivity index (χ4n) is 2.65. The Morgan fingerprint density at radius 1 is 0.500 bits per heavy atom. The Kier molecular flexibility index (Phi) is 16.6. The highest BCUT2D eigenvalue weighted by molar-refractivity contribution is 7.85. The van der Waals surface area contributed by atoms with Gasteiger partial charge >= 0.3 is 0 Å². The number of hydrogen-bond acceptors (Lipinski definition) is 2. The summed E-state index contributed by atoms with van der Waals surface area (Å²) < 4.78 is 0. The summed E-state index contributed by atoms with van der Waals surface area (Å²) in [5.74, 6) is 0. The van der Waals surface area contributed by atoms with Crippen molar-refractivity contribution in [2.24, 2.45) is 0 Å². The molecule has 2 atom stereocenters. The number of thiol groups is 2. The molecule has 122 valence electrons. The van der Waals surface area contributed by atoms with Gasteiger partial charge in [0.25, 0.3) is 0 Å². The van der Waals surface area contributed by atoms with Crippen molar-refractivity contribution in [1.29, 1.82) is 0 Å². The SMILES string of the molecule is CCCCCCCC[C@H](S)[C@@H](S)CCCCCCCC. The van der Waals surface area contributed by atoms with E-state index in [1.54, 1.807) is 0 Å². The number of rotatable bonds is 15. The summed E-state index contributed by atoms with van der Waals surface area (Å²) in [6.45, 7) is 4.55. The van der Waals surface area contributed by atoms with Gasteiger partial charge in [-0.15, -0.1) is 0 Å². The molecule has 0 saturated carbocycles. The molecule has 0 radical (unpaired) electrons. The maximum Gasteiger partial charge on any atom is 0.0133 e. The number of unbranched alkanes of at least 4 members (excludes halogenated alkanes) is 10. The van der Waals surface area contributed by atoms with Gasteiger partial charge in [-0.1, -0.05) is 90.9 Å². The molecular formula is C18H38S2. The van der Waals surface area contributed by atoms with Crippen molar-refractivity contribution in [3.8, 4) is 0 Å². The zero-order chi connectivity index (χ0) is 15.1. The summed E-state index contributed by atoms with van der Waals surface area (Å²) in [5.41, 5.74) is 0. The summed E-state index contributed by atoms with van der Waals surface area (Å²) in [4.78, 5) is 0. The molecule has 0 saturated heterocycles. The van der Waals surface area contributed by atoms with Gasteiger partial charge in [0, 0.05) is 10.5 Å². The van der Waals surface area contributed by atoms with Crippen LogP contribution in [0.5, 0.6) is 0 Å². The molecule has 0 spiro atoms. The lowest BCUT2D eigenvalue weighted by molar-refractivity contribution is 0.547. The summed E-state index contributed by atoms with van der Waals surface area (Å²) >= 11 is 9.50. The van der Waals surface area contributed by atoms with E-state index in [1.165, 1.54) is 89.9 Å². The zero-order valence-corrected chi connectivity index (χ0v) is 15.7. The third-order valence-electron chi connectivity index (χ3n) is 4.15. The lowest BCUT2D eigenvalue weighted by atomic mass is 10.0. The van der Waals surface area contributed by atoms with Gasteiger partial charge in [0.2, 0.25) is 0 Å². The van der Waals surface area contributed by atoms with E-state index >= 15 is 0 Å². The largest absolute Gasteiger partial charge is 0.175 e. The van der Waals surface area contributed by atoms with Crippen LogP contribution in [0.15, 0.2) is 0 Å². The summed E-state index contributed by atoms with van der Waals surface area (Å²) in [6, 6.07) is 0. The van der Waals surface area contributed by atoms with Gasteiger partial charge in [-0.05, 0) is 12.8 Å². The monoisotopic (exact) mass is 318 g/mol.